The lowest BCUT2D eigenvalue weighted by molar-refractivity contribution is 1.00. The Morgan fingerprint density at radius 1 is 1.11 bits per heavy atom. The minimum absolute atomic E-state index is 0.771. The van der Waals surface area contributed by atoms with E-state index < -0.39 is 0 Å². The lowest BCUT2D eigenvalue weighted by Crippen LogP contribution is -2.13. The molecule has 100 valence electrons. The first kappa shape index (κ1) is 13.3. The first-order valence-electron chi connectivity index (χ1n) is 6.50. The predicted octanol–water partition coefficient (Wildman–Crippen LogP) is 3.29. The Morgan fingerprint density at radius 3 is 2.42 bits per heavy atom. The number of aryl methyl sites for hydroxylation is 2. The zero-order valence-electron chi connectivity index (χ0n) is 11.9. The molecule has 0 saturated heterocycles. The molecule has 2 aromatic rings. The third-order valence-corrected chi connectivity index (χ3v) is 2.95. The van der Waals surface area contributed by atoms with E-state index in [1.807, 2.05) is 20.0 Å². The highest BCUT2D eigenvalue weighted by atomic mass is 15.2. The second-order valence-corrected chi connectivity index (χ2v) is 4.58. The molecule has 4 nitrogen and oxygen atoms in total. The Morgan fingerprint density at radius 2 is 1.79 bits per heavy atom. The van der Waals surface area contributed by atoms with Crippen LogP contribution in [0.4, 0.5) is 17.3 Å². The smallest absolute Gasteiger partial charge is 0.138 e. The molecular formula is C15H20N4. The maximum atomic E-state index is 4.49. The Kier molecular flexibility index (Phi) is 4.00. The summed E-state index contributed by atoms with van der Waals surface area (Å²) in [4.78, 5) is 10.9. The number of benzene rings is 1. The third-order valence-electron chi connectivity index (χ3n) is 2.95. The average Bonchev–Trinajstić information content (AvgIpc) is 2.38. The highest BCUT2D eigenvalue weighted by Gasteiger charge is 2.08. The molecule has 0 fully saturated rings. The molecule has 1 heterocycles. The molecular weight excluding hydrogens is 236 g/mol. The van der Waals surface area contributed by atoms with Crippen LogP contribution < -0.4 is 10.2 Å². The molecule has 0 aliphatic heterocycles. The minimum Gasteiger partial charge on any atom is -0.370 e. The van der Waals surface area contributed by atoms with E-state index in [1.165, 1.54) is 5.56 Å². The molecule has 2 rings (SSSR count). The van der Waals surface area contributed by atoms with Crippen molar-refractivity contribution >= 4 is 17.3 Å². The first-order valence-corrected chi connectivity index (χ1v) is 6.50. The molecule has 0 atom stereocenters. The second-order valence-electron chi connectivity index (χ2n) is 4.58. The van der Waals surface area contributed by atoms with E-state index >= 15 is 0 Å². The van der Waals surface area contributed by atoms with Gasteiger partial charge in [-0.15, -0.1) is 0 Å². The van der Waals surface area contributed by atoms with Gasteiger partial charge < -0.3 is 10.2 Å². The van der Waals surface area contributed by atoms with Gasteiger partial charge >= 0.3 is 0 Å². The summed E-state index contributed by atoms with van der Waals surface area (Å²) in [7, 11) is 2.02. The van der Waals surface area contributed by atoms with Crippen molar-refractivity contribution in [3.8, 4) is 0 Å². The van der Waals surface area contributed by atoms with Gasteiger partial charge in [-0.3, -0.25) is 0 Å². The summed E-state index contributed by atoms with van der Waals surface area (Å²) in [5.74, 6) is 2.53. The minimum atomic E-state index is 0.771. The summed E-state index contributed by atoms with van der Waals surface area (Å²) in [6.07, 6.45) is 0. The van der Waals surface area contributed by atoms with Crippen molar-refractivity contribution < 1.29 is 0 Å². The summed E-state index contributed by atoms with van der Waals surface area (Å²) in [5, 5.41) is 3.23. The van der Waals surface area contributed by atoms with Gasteiger partial charge in [0.1, 0.15) is 17.5 Å². The van der Waals surface area contributed by atoms with Gasteiger partial charge in [0.2, 0.25) is 0 Å². The number of hydrogen-bond acceptors (Lipinski definition) is 4. The van der Waals surface area contributed by atoms with Crippen LogP contribution in [0.15, 0.2) is 30.3 Å². The number of anilines is 3. The SMILES string of the molecule is CCNc1cc(N(C)c2ccc(C)cc2)nc(C)n1. The van der Waals surface area contributed by atoms with Gasteiger partial charge in [-0.25, -0.2) is 9.97 Å². The van der Waals surface area contributed by atoms with Gasteiger partial charge in [0.25, 0.3) is 0 Å². The summed E-state index contributed by atoms with van der Waals surface area (Å²) in [6, 6.07) is 10.4. The fourth-order valence-electron chi connectivity index (χ4n) is 1.90. The van der Waals surface area contributed by atoms with Gasteiger partial charge in [0.05, 0.1) is 0 Å². The van der Waals surface area contributed by atoms with Crippen LogP contribution in [0.5, 0.6) is 0 Å². The quantitative estimate of drug-likeness (QED) is 0.911. The van der Waals surface area contributed by atoms with E-state index in [0.29, 0.717) is 0 Å². The van der Waals surface area contributed by atoms with Crippen LogP contribution in [0.3, 0.4) is 0 Å². The molecule has 1 N–H and O–H groups in total. The van der Waals surface area contributed by atoms with Crippen LogP contribution in [0.2, 0.25) is 0 Å². The van der Waals surface area contributed by atoms with Crippen LogP contribution in [0.1, 0.15) is 18.3 Å². The third kappa shape index (κ3) is 3.22. The monoisotopic (exact) mass is 256 g/mol. The van der Waals surface area contributed by atoms with E-state index in [4.69, 9.17) is 0 Å². The molecule has 0 bridgehead atoms. The van der Waals surface area contributed by atoms with Crippen molar-refractivity contribution in [3.05, 3.63) is 41.7 Å². The van der Waals surface area contributed by atoms with Crippen molar-refractivity contribution in [2.75, 3.05) is 23.8 Å². The lowest BCUT2D eigenvalue weighted by atomic mass is 10.2. The summed E-state index contributed by atoms with van der Waals surface area (Å²) < 4.78 is 0. The fourth-order valence-corrected chi connectivity index (χ4v) is 1.90. The Balaban J connectivity index is 2.32. The zero-order valence-corrected chi connectivity index (χ0v) is 11.9. The molecule has 0 aliphatic rings. The van der Waals surface area contributed by atoms with E-state index in [-0.39, 0.29) is 0 Å². The van der Waals surface area contributed by atoms with Crippen LogP contribution >= 0.6 is 0 Å². The molecule has 1 aromatic carbocycles. The van der Waals surface area contributed by atoms with Gasteiger partial charge in [-0.05, 0) is 32.9 Å². The standard InChI is InChI=1S/C15H20N4/c1-5-16-14-10-15(18-12(3)17-14)19(4)13-8-6-11(2)7-9-13/h6-10H,5H2,1-4H3,(H,16,17,18). The van der Waals surface area contributed by atoms with Gasteiger partial charge in [-0.1, -0.05) is 17.7 Å². The fraction of sp³-hybridized carbons (Fsp3) is 0.333. The molecule has 0 amide bonds. The van der Waals surface area contributed by atoms with E-state index in [0.717, 1.165) is 29.7 Å². The van der Waals surface area contributed by atoms with Crippen molar-refractivity contribution in [3.63, 3.8) is 0 Å². The number of nitrogens with zero attached hydrogens (tertiary/aromatic N) is 3. The van der Waals surface area contributed by atoms with Gasteiger partial charge in [-0.2, -0.15) is 0 Å². The van der Waals surface area contributed by atoms with E-state index in [2.05, 4.69) is 58.3 Å². The molecule has 0 unspecified atom stereocenters. The van der Waals surface area contributed by atoms with Crippen molar-refractivity contribution in [2.45, 2.75) is 20.8 Å². The van der Waals surface area contributed by atoms with E-state index in [1.54, 1.807) is 0 Å². The Hall–Kier alpha value is -2.10. The second kappa shape index (κ2) is 5.69. The van der Waals surface area contributed by atoms with Gasteiger partial charge in [0, 0.05) is 25.3 Å². The molecule has 4 heteroatoms. The number of rotatable bonds is 4. The number of hydrogen-bond donors (Lipinski definition) is 1. The first-order chi connectivity index (χ1) is 9.10. The maximum absolute atomic E-state index is 4.49. The van der Waals surface area contributed by atoms with Gasteiger partial charge in [0.15, 0.2) is 0 Å². The van der Waals surface area contributed by atoms with Crippen LogP contribution in [-0.4, -0.2) is 23.6 Å². The van der Waals surface area contributed by atoms with Crippen molar-refractivity contribution in [1.29, 1.82) is 0 Å². The Labute approximate surface area is 114 Å². The molecule has 0 radical (unpaired) electrons. The summed E-state index contributed by atoms with van der Waals surface area (Å²) >= 11 is 0. The normalized spacial score (nSPS) is 10.3. The molecule has 0 aliphatic carbocycles. The number of aromatic nitrogens is 2. The van der Waals surface area contributed by atoms with Crippen LogP contribution in [0, 0.1) is 13.8 Å². The summed E-state index contributed by atoms with van der Waals surface area (Å²) in [5.41, 5.74) is 2.37. The lowest BCUT2D eigenvalue weighted by Gasteiger charge is -2.19. The molecule has 0 spiro atoms. The largest absolute Gasteiger partial charge is 0.370 e. The molecule has 1 aromatic heterocycles. The van der Waals surface area contributed by atoms with Crippen LogP contribution in [-0.2, 0) is 0 Å². The Bertz CT molecular complexity index is 549. The van der Waals surface area contributed by atoms with Crippen molar-refractivity contribution in [2.24, 2.45) is 0 Å². The highest BCUT2D eigenvalue weighted by molar-refractivity contribution is 5.62. The molecule has 19 heavy (non-hydrogen) atoms. The highest BCUT2D eigenvalue weighted by Crippen LogP contribution is 2.23. The predicted molar refractivity (Wildman–Crippen MR) is 80.2 cm³/mol. The maximum Gasteiger partial charge on any atom is 0.138 e. The topological polar surface area (TPSA) is 41.0 Å². The van der Waals surface area contributed by atoms with E-state index in [9.17, 15) is 0 Å². The number of nitrogens with one attached hydrogen (secondary N) is 1. The average molecular weight is 256 g/mol. The molecule has 0 saturated carbocycles. The van der Waals surface area contributed by atoms with Crippen LogP contribution in [0.25, 0.3) is 0 Å². The zero-order chi connectivity index (χ0) is 13.8. The summed E-state index contributed by atoms with van der Waals surface area (Å²) in [6.45, 7) is 6.90. The van der Waals surface area contributed by atoms with Crippen molar-refractivity contribution in [1.82, 2.24) is 9.97 Å².